The van der Waals surface area contributed by atoms with Crippen molar-refractivity contribution < 1.29 is 117 Å². The Morgan fingerprint density at radius 2 is 1.30 bits per heavy atom. The van der Waals surface area contributed by atoms with Crippen LogP contribution in [0.5, 0.6) is 0 Å². The topological polar surface area (TPSA) is 337 Å². The lowest BCUT2D eigenvalue weighted by Crippen LogP contribution is -2.65. The minimum absolute atomic E-state index is 0.0718. The number of esters is 1. The van der Waals surface area contributed by atoms with Gasteiger partial charge in [-0.15, -0.1) is 0 Å². The van der Waals surface area contributed by atoms with Crippen LogP contribution in [0.2, 0.25) is 0 Å². The number of alkyl halides is 3. The summed E-state index contributed by atoms with van der Waals surface area (Å²) in [4.78, 5) is 12.5. The van der Waals surface area contributed by atoms with E-state index in [9.17, 15) is 79.2 Å². The number of fused-ring (bicyclic) bond motifs is 1. The first-order chi connectivity index (χ1) is 31.2. The van der Waals surface area contributed by atoms with Gasteiger partial charge >= 0.3 is 12.1 Å². The van der Waals surface area contributed by atoms with Crippen LogP contribution in [0.3, 0.4) is 0 Å². The molecule has 0 aromatic rings. The number of carbonyl (C=O) groups excluding carboxylic acids is 1. The number of ether oxygens (including phenoxy) is 8. The maximum atomic E-state index is 13.0. The summed E-state index contributed by atoms with van der Waals surface area (Å²) in [5.74, 6) is -3.48. The smallest absolute Gasteiger partial charge is 0.391 e. The molecule has 7 fully saturated rings. The Balaban J connectivity index is 1.04. The van der Waals surface area contributed by atoms with Gasteiger partial charge in [-0.25, -0.2) is 4.79 Å². The summed E-state index contributed by atoms with van der Waals surface area (Å²) < 4.78 is 84.8. The average Bonchev–Trinajstić information content (AvgIpc) is 3.27. The molecule has 13 N–H and O–H groups in total. The SMILES string of the molecule is O=C(C=CC1CCC(C(F)(F)F)CC1)OC[C@H]1O[C@@H](OC[C@H]2O[C@@H](OC3CC4C(O)CC(O)CC4[OH+]C3C3CCC(O)C(O)C3)[C@H](O[C@@H]3OC[C@@H](O)[C@H](O)[C@H]3O)[C@@H](O)[C@H]2O)[C@H](O)[C@@H](O)[C@@H]1O. The maximum Gasteiger partial charge on any atom is 0.391 e. The summed E-state index contributed by atoms with van der Waals surface area (Å²) in [6, 6.07) is 0. The van der Waals surface area contributed by atoms with Crippen LogP contribution in [0.15, 0.2) is 12.2 Å². The fourth-order valence-electron chi connectivity index (χ4n) is 10.5. The van der Waals surface area contributed by atoms with E-state index in [1.807, 2.05) is 0 Å². The van der Waals surface area contributed by atoms with Gasteiger partial charge in [-0.05, 0) is 57.3 Å². The first-order valence-corrected chi connectivity index (χ1v) is 22.8. The molecule has 380 valence electrons. The Morgan fingerprint density at radius 1 is 0.636 bits per heavy atom. The number of halogens is 3. The van der Waals surface area contributed by atoms with Gasteiger partial charge in [-0.2, -0.15) is 13.2 Å². The Kier molecular flexibility index (Phi) is 17.5. The number of allylic oxidation sites excluding steroid dienone is 1. The van der Waals surface area contributed by atoms with Gasteiger partial charge in [-0.1, -0.05) is 6.08 Å². The monoisotopic (exact) mass is 963 g/mol. The van der Waals surface area contributed by atoms with E-state index in [4.69, 9.17) is 37.9 Å². The minimum atomic E-state index is -4.29. The van der Waals surface area contributed by atoms with Crippen LogP contribution in [0.4, 0.5) is 13.2 Å². The number of rotatable bonds is 12. The Morgan fingerprint density at radius 3 is 2.00 bits per heavy atom. The van der Waals surface area contributed by atoms with Crippen molar-refractivity contribution >= 4 is 5.97 Å². The van der Waals surface area contributed by atoms with Gasteiger partial charge in [0.1, 0.15) is 79.9 Å². The summed E-state index contributed by atoms with van der Waals surface area (Å²) in [6.45, 7) is -1.85. The second kappa shape index (κ2) is 22.1. The lowest BCUT2D eigenvalue weighted by Gasteiger charge is -2.49. The van der Waals surface area contributed by atoms with E-state index in [1.54, 1.807) is 0 Å². The number of carbonyl (C=O) groups is 1. The molecule has 4 aliphatic heterocycles. The molecule has 24 heteroatoms. The highest BCUT2D eigenvalue weighted by Gasteiger charge is 2.57. The van der Waals surface area contributed by atoms with Crippen LogP contribution < -0.4 is 0 Å². The highest BCUT2D eigenvalue weighted by molar-refractivity contribution is 5.81. The number of hydrogen-bond donors (Lipinski definition) is 12. The highest BCUT2D eigenvalue weighted by Crippen LogP contribution is 2.43. The lowest BCUT2D eigenvalue weighted by atomic mass is 9.72. The second-order valence-corrected chi connectivity index (χ2v) is 19.0. The van der Waals surface area contributed by atoms with Crippen molar-refractivity contribution in [3.8, 4) is 0 Å². The van der Waals surface area contributed by atoms with Gasteiger partial charge < -0.3 is 99.2 Å². The van der Waals surface area contributed by atoms with Crippen molar-refractivity contribution in [3.63, 3.8) is 0 Å². The molecule has 23 atom stereocenters. The van der Waals surface area contributed by atoms with Crippen LogP contribution in [-0.4, -0.2) is 227 Å². The Bertz CT molecular complexity index is 1590. The zero-order valence-electron chi connectivity index (χ0n) is 36.0. The summed E-state index contributed by atoms with van der Waals surface area (Å²) in [5.41, 5.74) is 0. The van der Waals surface area contributed by atoms with Gasteiger partial charge in [-0.3, -0.25) is 0 Å². The number of hydrogen-bond acceptors (Lipinski definition) is 20. The van der Waals surface area contributed by atoms with Crippen LogP contribution in [0.1, 0.15) is 64.2 Å². The van der Waals surface area contributed by atoms with E-state index in [2.05, 4.69) is 0 Å². The normalized spacial score (nSPS) is 49.6. The molecule has 3 aliphatic carbocycles. The minimum Gasteiger partial charge on any atom is -0.460 e. The third-order valence-electron chi connectivity index (χ3n) is 14.5. The third-order valence-corrected chi connectivity index (χ3v) is 14.5. The van der Waals surface area contributed by atoms with E-state index < -0.39 is 173 Å². The standard InChI is InChI=1S/C42H65F3O21/c43-42(44,45)18-5-1-16(2-6-18)3-8-29(51)59-14-27-31(53)33(55)36(58)39(64-27)61-15-28-32(54)34(56)38(66-40-35(57)30(52)24(50)13-60-40)41(65-28)63-26-12-20-22(48)10-19(46)11-25(20)62-37(26)17-4-7-21(47)23(49)9-17/h3,8,16-28,30-41,46-50,52-58H,1-2,4-7,9-15H2/p+1/t16?,17?,18?,19?,20?,21?,22?,23?,24-,25?,26?,27-,28-,30+,31-,32+,33+,34+,35-,36-,37?,38-,39-,40+,41-/m1/s1. The molecule has 0 spiro atoms. The first-order valence-electron chi connectivity index (χ1n) is 22.8. The molecule has 7 rings (SSSR count). The van der Waals surface area contributed by atoms with Gasteiger partial charge in [0.05, 0.1) is 49.5 Å². The number of aliphatic hydroxyl groups is 14. The molecule has 0 radical (unpaired) electrons. The van der Waals surface area contributed by atoms with Crippen molar-refractivity contribution in [2.75, 3.05) is 19.8 Å². The molecule has 4 saturated heterocycles. The molecule has 7 aliphatic rings. The molecular formula is C42H66F3O21+. The fourth-order valence-corrected chi connectivity index (χ4v) is 10.5. The molecule has 0 amide bonds. The fraction of sp³-hybridized carbons (Fsp3) is 0.929. The molecule has 66 heavy (non-hydrogen) atoms. The Labute approximate surface area is 377 Å². The molecule has 21 nitrogen and oxygen atoms in total. The predicted octanol–water partition coefficient (Wildman–Crippen LogP) is -3.74. The molecule has 0 aromatic carbocycles. The number of aliphatic hydroxyl groups excluding tert-OH is 12. The lowest BCUT2D eigenvalue weighted by molar-refractivity contribution is -0.385. The van der Waals surface area contributed by atoms with E-state index in [0.717, 1.165) is 6.08 Å². The van der Waals surface area contributed by atoms with Gasteiger partial charge in [0.15, 0.2) is 31.1 Å². The van der Waals surface area contributed by atoms with Gasteiger partial charge in [0, 0.05) is 24.8 Å². The predicted molar refractivity (Wildman–Crippen MR) is 211 cm³/mol. The Hall–Kier alpha value is -1.76. The van der Waals surface area contributed by atoms with Crippen molar-refractivity contribution in [2.24, 2.45) is 23.7 Å². The molecule has 3 saturated carbocycles. The van der Waals surface area contributed by atoms with E-state index in [-0.39, 0.29) is 69.6 Å². The van der Waals surface area contributed by atoms with Crippen LogP contribution in [-0.2, 0) is 38.0 Å². The van der Waals surface area contributed by atoms with E-state index >= 15 is 0 Å². The molecule has 0 bridgehead atoms. The summed E-state index contributed by atoms with van der Waals surface area (Å²) in [7, 11) is 0. The van der Waals surface area contributed by atoms with E-state index in [0.29, 0.717) is 6.42 Å². The molecule has 9 unspecified atom stereocenters. The van der Waals surface area contributed by atoms with Crippen LogP contribution in [0, 0.1) is 23.7 Å². The largest absolute Gasteiger partial charge is 0.460 e. The van der Waals surface area contributed by atoms with Crippen molar-refractivity contribution in [1.29, 1.82) is 0 Å². The highest BCUT2D eigenvalue weighted by atomic mass is 19.4. The van der Waals surface area contributed by atoms with Crippen LogP contribution in [0.25, 0.3) is 0 Å². The summed E-state index contributed by atoms with van der Waals surface area (Å²) in [5, 5.41) is 129. The third kappa shape index (κ3) is 12.0. The maximum absolute atomic E-state index is 13.0. The first kappa shape index (κ1) is 52.1. The van der Waals surface area contributed by atoms with Crippen molar-refractivity contribution in [3.05, 3.63) is 12.2 Å². The summed E-state index contributed by atoms with van der Waals surface area (Å²) >= 11 is 0. The molecular weight excluding hydrogens is 897 g/mol. The molecule has 0 aromatic heterocycles. The molecule has 4 heterocycles. The zero-order chi connectivity index (χ0) is 47.8. The zero-order valence-corrected chi connectivity index (χ0v) is 36.0. The van der Waals surface area contributed by atoms with Gasteiger partial charge in [0.25, 0.3) is 0 Å². The van der Waals surface area contributed by atoms with Gasteiger partial charge in [0.2, 0.25) is 0 Å². The summed E-state index contributed by atoms with van der Waals surface area (Å²) in [6.07, 6.45) is -30.7. The average molecular weight is 964 g/mol. The quantitative estimate of drug-likeness (QED) is 0.0508. The second-order valence-electron chi connectivity index (χ2n) is 19.0. The van der Waals surface area contributed by atoms with Crippen molar-refractivity contribution in [2.45, 2.75) is 199 Å². The van der Waals surface area contributed by atoms with Crippen LogP contribution >= 0.6 is 0 Å². The van der Waals surface area contributed by atoms with Crippen molar-refractivity contribution in [1.82, 2.24) is 0 Å². The van der Waals surface area contributed by atoms with E-state index in [1.165, 1.54) is 6.08 Å².